The van der Waals surface area contributed by atoms with Gasteiger partial charge in [0.15, 0.2) is 0 Å². The first kappa shape index (κ1) is 23.4. The Labute approximate surface area is 212 Å². The zero-order valence-electron chi connectivity index (χ0n) is 19.6. The molecule has 2 heterocycles. The minimum atomic E-state index is -0.842. The van der Waals surface area contributed by atoms with Crippen LogP contribution in [-0.4, -0.2) is 29.5 Å². The monoisotopic (exact) mass is 499 g/mol. The largest absolute Gasteiger partial charge is 0.495 e. The number of rotatable bonds is 5. The van der Waals surface area contributed by atoms with Gasteiger partial charge in [-0.3, -0.25) is 14.9 Å². The molecule has 1 aromatic heterocycles. The maximum absolute atomic E-state index is 13.4. The third kappa shape index (κ3) is 4.25. The second-order valence-corrected chi connectivity index (χ2v) is 8.90. The fourth-order valence-electron chi connectivity index (χ4n) is 4.25. The fraction of sp³-hybridized carbons (Fsp3) is 0.107. The van der Waals surface area contributed by atoms with Gasteiger partial charge in [0, 0.05) is 29.2 Å². The Morgan fingerprint density at radius 2 is 1.75 bits per heavy atom. The molecule has 0 radical (unpaired) electrons. The Balaban J connectivity index is 1.55. The Kier molecular flexibility index (Phi) is 6.08. The van der Waals surface area contributed by atoms with Gasteiger partial charge in [0.25, 0.3) is 11.8 Å². The average Bonchev–Trinajstić information content (AvgIpc) is 3.20. The SMILES string of the molecule is COc1ccc(N2C(=O)NC(=O)/C(=C/c3cn(Cc4ccc(C)cc4)c4ccccc34)C2=O)cc1Cl. The first-order valence-electron chi connectivity index (χ1n) is 11.2. The number of benzene rings is 3. The van der Waals surface area contributed by atoms with Crippen molar-refractivity contribution >= 4 is 52.1 Å². The minimum Gasteiger partial charge on any atom is -0.495 e. The number of carbonyl (C=O) groups is 3. The molecule has 7 nitrogen and oxygen atoms in total. The average molecular weight is 500 g/mol. The van der Waals surface area contributed by atoms with Crippen molar-refractivity contribution in [2.45, 2.75) is 13.5 Å². The number of hydrogen-bond acceptors (Lipinski definition) is 4. The van der Waals surface area contributed by atoms with Crippen molar-refractivity contribution in [2.75, 3.05) is 12.0 Å². The number of para-hydroxylation sites is 1. The highest BCUT2D eigenvalue weighted by molar-refractivity contribution is 6.40. The number of imide groups is 2. The number of amides is 4. The molecular formula is C28H22ClN3O4. The zero-order valence-corrected chi connectivity index (χ0v) is 20.4. The Morgan fingerprint density at radius 3 is 2.47 bits per heavy atom. The summed E-state index contributed by atoms with van der Waals surface area (Å²) < 4.78 is 7.22. The number of aryl methyl sites for hydroxylation is 1. The number of anilines is 1. The summed E-state index contributed by atoms with van der Waals surface area (Å²) in [5.41, 5.74) is 4.03. The van der Waals surface area contributed by atoms with Crippen LogP contribution in [0.5, 0.6) is 5.75 Å². The summed E-state index contributed by atoms with van der Waals surface area (Å²) in [5.74, 6) is -1.09. The predicted octanol–water partition coefficient (Wildman–Crippen LogP) is 5.33. The molecule has 36 heavy (non-hydrogen) atoms. The van der Waals surface area contributed by atoms with Crippen LogP contribution >= 0.6 is 11.6 Å². The molecule has 1 N–H and O–H groups in total. The molecule has 5 rings (SSSR count). The van der Waals surface area contributed by atoms with Crippen LogP contribution in [0.15, 0.2) is 78.5 Å². The normalized spacial score (nSPS) is 15.0. The molecule has 1 saturated heterocycles. The number of urea groups is 1. The standard InChI is InChI=1S/C28H22ClN3O4/c1-17-7-9-18(10-8-17)15-31-16-19(21-5-3-4-6-24(21)31)13-22-26(33)30-28(35)32(27(22)34)20-11-12-25(36-2)23(29)14-20/h3-14,16H,15H2,1-2H3,(H,30,33,35)/b22-13-. The van der Waals surface area contributed by atoms with E-state index in [1.807, 2.05) is 37.4 Å². The molecule has 4 aromatic rings. The molecule has 180 valence electrons. The van der Waals surface area contributed by atoms with E-state index >= 15 is 0 Å². The molecule has 0 saturated carbocycles. The van der Waals surface area contributed by atoms with Gasteiger partial charge in [-0.1, -0.05) is 59.6 Å². The van der Waals surface area contributed by atoms with Crippen molar-refractivity contribution in [3.05, 3.63) is 100 Å². The molecule has 0 unspecified atom stereocenters. The van der Waals surface area contributed by atoms with Crippen LogP contribution in [0.2, 0.25) is 5.02 Å². The number of ether oxygens (including phenoxy) is 1. The quantitative estimate of drug-likeness (QED) is 0.297. The summed E-state index contributed by atoms with van der Waals surface area (Å²) in [5, 5.41) is 3.37. The van der Waals surface area contributed by atoms with Crippen molar-refractivity contribution in [3.8, 4) is 5.75 Å². The highest BCUT2D eigenvalue weighted by Crippen LogP contribution is 2.32. The topological polar surface area (TPSA) is 80.6 Å². The molecule has 8 heteroatoms. The second kappa shape index (κ2) is 9.36. The van der Waals surface area contributed by atoms with Crippen molar-refractivity contribution in [2.24, 2.45) is 0 Å². The van der Waals surface area contributed by atoms with Gasteiger partial charge in [0.05, 0.1) is 17.8 Å². The Hall–Kier alpha value is -4.36. The van der Waals surface area contributed by atoms with E-state index in [0.29, 0.717) is 17.9 Å². The Bertz CT molecular complexity index is 1550. The maximum atomic E-state index is 13.4. The highest BCUT2D eigenvalue weighted by Gasteiger charge is 2.37. The van der Waals surface area contributed by atoms with Crippen LogP contribution in [0.3, 0.4) is 0 Å². The lowest BCUT2D eigenvalue weighted by Crippen LogP contribution is -2.54. The van der Waals surface area contributed by atoms with Crippen LogP contribution in [0, 0.1) is 6.92 Å². The number of barbiturate groups is 1. The number of nitrogens with zero attached hydrogens (tertiary/aromatic N) is 2. The van der Waals surface area contributed by atoms with E-state index in [9.17, 15) is 14.4 Å². The van der Waals surface area contributed by atoms with Gasteiger partial charge >= 0.3 is 6.03 Å². The van der Waals surface area contributed by atoms with Crippen molar-refractivity contribution in [1.82, 2.24) is 9.88 Å². The molecule has 1 aliphatic rings. The van der Waals surface area contributed by atoms with E-state index in [4.69, 9.17) is 16.3 Å². The number of aromatic nitrogens is 1. The molecule has 0 spiro atoms. The zero-order chi connectivity index (χ0) is 25.4. The summed E-state index contributed by atoms with van der Waals surface area (Å²) >= 11 is 6.20. The van der Waals surface area contributed by atoms with E-state index in [1.165, 1.54) is 30.9 Å². The maximum Gasteiger partial charge on any atom is 0.335 e. The summed E-state index contributed by atoms with van der Waals surface area (Å²) in [6.07, 6.45) is 3.43. The van der Waals surface area contributed by atoms with Crippen LogP contribution in [0.25, 0.3) is 17.0 Å². The molecule has 0 atom stereocenters. The van der Waals surface area contributed by atoms with Gasteiger partial charge in [-0.25, -0.2) is 9.69 Å². The molecule has 0 bridgehead atoms. The van der Waals surface area contributed by atoms with Gasteiger partial charge in [-0.05, 0) is 42.8 Å². The van der Waals surface area contributed by atoms with Crippen LogP contribution < -0.4 is 15.0 Å². The number of methoxy groups -OCH3 is 1. The predicted molar refractivity (Wildman–Crippen MR) is 139 cm³/mol. The number of nitrogens with one attached hydrogen (secondary N) is 1. The molecular weight excluding hydrogens is 478 g/mol. The lowest BCUT2D eigenvalue weighted by atomic mass is 10.1. The summed E-state index contributed by atoms with van der Waals surface area (Å²) in [4.78, 5) is 39.6. The van der Waals surface area contributed by atoms with E-state index in [-0.39, 0.29) is 16.3 Å². The lowest BCUT2D eigenvalue weighted by Gasteiger charge is -2.26. The van der Waals surface area contributed by atoms with Gasteiger partial charge in [-0.15, -0.1) is 0 Å². The number of carbonyl (C=O) groups excluding carboxylic acids is 3. The smallest absolute Gasteiger partial charge is 0.335 e. The third-order valence-electron chi connectivity index (χ3n) is 6.09. The van der Waals surface area contributed by atoms with Gasteiger partial charge in [-0.2, -0.15) is 0 Å². The van der Waals surface area contributed by atoms with E-state index in [0.717, 1.165) is 21.4 Å². The third-order valence-corrected chi connectivity index (χ3v) is 6.38. The lowest BCUT2D eigenvalue weighted by molar-refractivity contribution is -0.122. The fourth-order valence-corrected chi connectivity index (χ4v) is 4.50. The van der Waals surface area contributed by atoms with Crippen molar-refractivity contribution < 1.29 is 19.1 Å². The summed E-state index contributed by atoms with van der Waals surface area (Å²) in [7, 11) is 1.47. The van der Waals surface area contributed by atoms with Crippen molar-refractivity contribution in [1.29, 1.82) is 0 Å². The highest BCUT2D eigenvalue weighted by atomic mass is 35.5. The number of halogens is 1. The summed E-state index contributed by atoms with van der Waals surface area (Å²) in [6.45, 7) is 2.67. The van der Waals surface area contributed by atoms with Gasteiger partial charge < -0.3 is 9.30 Å². The molecule has 1 fully saturated rings. The van der Waals surface area contributed by atoms with Gasteiger partial charge in [0.2, 0.25) is 0 Å². The molecule has 1 aliphatic heterocycles. The van der Waals surface area contributed by atoms with E-state index in [2.05, 4.69) is 34.1 Å². The van der Waals surface area contributed by atoms with Crippen molar-refractivity contribution in [3.63, 3.8) is 0 Å². The van der Waals surface area contributed by atoms with E-state index in [1.54, 1.807) is 6.07 Å². The van der Waals surface area contributed by atoms with Crippen LogP contribution in [-0.2, 0) is 16.1 Å². The second-order valence-electron chi connectivity index (χ2n) is 8.49. The minimum absolute atomic E-state index is 0.153. The van der Waals surface area contributed by atoms with Crippen LogP contribution in [0.1, 0.15) is 16.7 Å². The first-order valence-corrected chi connectivity index (χ1v) is 11.6. The molecule has 0 aliphatic carbocycles. The molecule has 3 aromatic carbocycles. The number of fused-ring (bicyclic) bond motifs is 1. The van der Waals surface area contributed by atoms with Gasteiger partial charge in [0.1, 0.15) is 11.3 Å². The van der Waals surface area contributed by atoms with E-state index < -0.39 is 17.8 Å². The van der Waals surface area contributed by atoms with Crippen LogP contribution in [0.4, 0.5) is 10.5 Å². The first-order chi connectivity index (χ1) is 17.4. The molecule has 4 amide bonds. The summed E-state index contributed by atoms with van der Waals surface area (Å²) in [6, 6.07) is 19.7. The number of hydrogen-bond donors (Lipinski definition) is 1. The Morgan fingerprint density at radius 1 is 1.00 bits per heavy atom.